The molecule has 0 aromatic heterocycles. The molecule has 0 N–H and O–H groups in total. The number of nitrogens with zero attached hydrogens (tertiary/aromatic N) is 2. The van der Waals surface area contributed by atoms with Crippen LogP contribution in [0.5, 0.6) is 0 Å². The van der Waals surface area contributed by atoms with Gasteiger partial charge in [0.1, 0.15) is 39.3 Å². The molecule has 0 aliphatic carbocycles. The molecule has 0 atom stereocenters. The Balaban J connectivity index is 0.00000110. The van der Waals surface area contributed by atoms with Gasteiger partial charge in [0.15, 0.2) is 0 Å². The van der Waals surface area contributed by atoms with Gasteiger partial charge in [0.2, 0.25) is 0 Å². The number of hydrogen-bond acceptors (Lipinski definition) is 5. The summed E-state index contributed by atoms with van der Waals surface area (Å²) in [5, 5.41) is 0. The second kappa shape index (κ2) is 19.4. The van der Waals surface area contributed by atoms with Gasteiger partial charge in [-0.3, -0.25) is 0 Å². The Morgan fingerprint density at radius 1 is 0.514 bits per heavy atom. The zero-order valence-corrected chi connectivity index (χ0v) is 21.8. The molecule has 224 valence electrons. The molecule has 0 amide bonds. The standard InChI is InChI=1S/C20H42N2O5.2BF4/c1-3-21(5-11-23-12-6-21)9-15-25-17-19-27-20-18-26-16-10-22(4-2)7-13-24-14-8-22;2*2-1(3,4)5/h3-20H2,1-2H3;;/q+2;2*-1. The highest BCUT2D eigenvalue weighted by Gasteiger charge is 2.29. The van der Waals surface area contributed by atoms with Crippen molar-refractivity contribution >= 4 is 14.5 Å². The molecule has 2 saturated heterocycles. The van der Waals surface area contributed by atoms with Gasteiger partial charge in [0.25, 0.3) is 0 Å². The largest absolute Gasteiger partial charge is 0.673 e. The Morgan fingerprint density at radius 3 is 1.00 bits per heavy atom. The first-order chi connectivity index (χ1) is 17.2. The Labute approximate surface area is 214 Å². The van der Waals surface area contributed by atoms with Gasteiger partial charge in [-0.15, -0.1) is 0 Å². The lowest BCUT2D eigenvalue weighted by Crippen LogP contribution is -2.56. The molecule has 37 heavy (non-hydrogen) atoms. The van der Waals surface area contributed by atoms with Gasteiger partial charge in [-0.2, -0.15) is 0 Å². The first-order valence-corrected chi connectivity index (χ1v) is 12.6. The molecular weight excluding hydrogens is 522 g/mol. The Kier molecular flexibility index (Phi) is 19.0. The Bertz CT molecular complexity index is 496. The highest BCUT2D eigenvalue weighted by Crippen LogP contribution is 2.11. The maximum absolute atomic E-state index is 9.75. The summed E-state index contributed by atoms with van der Waals surface area (Å²) >= 11 is 0. The summed E-state index contributed by atoms with van der Waals surface area (Å²) in [6.45, 7) is 21.2. The molecule has 2 aliphatic rings. The molecule has 2 rings (SSSR count). The van der Waals surface area contributed by atoms with Crippen molar-refractivity contribution in [2.24, 2.45) is 0 Å². The maximum Gasteiger partial charge on any atom is 0.673 e. The van der Waals surface area contributed by atoms with Crippen molar-refractivity contribution in [3.8, 4) is 0 Å². The van der Waals surface area contributed by atoms with Gasteiger partial charge in [0.05, 0.1) is 79.2 Å². The Morgan fingerprint density at radius 2 is 0.757 bits per heavy atom. The van der Waals surface area contributed by atoms with E-state index in [9.17, 15) is 34.5 Å². The van der Waals surface area contributed by atoms with Gasteiger partial charge in [-0.25, -0.2) is 0 Å². The van der Waals surface area contributed by atoms with E-state index in [1.165, 1.54) is 0 Å². The van der Waals surface area contributed by atoms with Crippen LogP contribution in [-0.4, -0.2) is 142 Å². The summed E-state index contributed by atoms with van der Waals surface area (Å²) in [4.78, 5) is 0. The molecule has 17 heteroatoms. The number of ether oxygens (including phenoxy) is 5. The second-order valence-electron chi connectivity index (χ2n) is 8.71. The molecular formula is C20H42B2F8N2O5. The van der Waals surface area contributed by atoms with Crippen LogP contribution in [0, 0.1) is 0 Å². The lowest BCUT2D eigenvalue weighted by Gasteiger charge is -2.40. The van der Waals surface area contributed by atoms with E-state index in [-0.39, 0.29) is 0 Å². The Hall–Kier alpha value is -0.710. The van der Waals surface area contributed by atoms with Gasteiger partial charge in [-0.05, 0) is 13.8 Å². The van der Waals surface area contributed by atoms with Crippen LogP contribution in [0.3, 0.4) is 0 Å². The van der Waals surface area contributed by atoms with Gasteiger partial charge in [0, 0.05) is 0 Å². The molecule has 0 aromatic rings. The van der Waals surface area contributed by atoms with Crippen LogP contribution in [-0.2, 0) is 23.7 Å². The van der Waals surface area contributed by atoms with Crippen LogP contribution in [0.2, 0.25) is 0 Å². The van der Waals surface area contributed by atoms with Crippen molar-refractivity contribution in [2.75, 3.05) is 118 Å². The SMILES string of the molecule is CC[N+]1(CCOCCOCCOCC[N+]2(CC)CCOCC2)CCOCC1.F[B-](F)(F)F.F[B-](F)(F)F. The molecule has 0 radical (unpaired) electrons. The number of hydrogen-bond donors (Lipinski definition) is 0. The number of quaternary nitrogens is 2. The van der Waals surface area contributed by atoms with Crippen molar-refractivity contribution < 1.29 is 67.2 Å². The molecule has 7 nitrogen and oxygen atoms in total. The predicted molar refractivity (Wildman–Crippen MR) is 125 cm³/mol. The maximum atomic E-state index is 9.75. The van der Waals surface area contributed by atoms with Gasteiger partial charge < -0.3 is 67.2 Å². The molecule has 0 saturated carbocycles. The number of morpholine rings is 2. The molecule has 2 fully saturated rings. The van der Waals surface area contributed by atoms with E-state index >= 15 is 0 Å². The third-order valence-electron chi connectivity index (χ3n) is 6.35. The fraction of sp³-hybridized carbons (Fsp3) is 1.00. The quantitative estimate of drug-likeness (QED) is 0.140. The predicted octanol–water partition coefficient (Wildman–Crippen LogP) is 3.37. The highest BCUT2D eigenvalue weighted by atomic mass is 19.5. The number of halogens is 8. The van der Waals surface area contributed by atoms with E-state index in [0.29, 0.717) is 26.4 Å². The molecule has 0 unspecified atom stereocenters. The highest BCUT2D eigenvalue weighted by molar-refractivity contribution is 6.50. The van der Waals surface area contributed by atoms with E-state index in [1.807, 2.05) is 0 Å². The van der Waals surface area contributed by atoms with Crippen LogP contribution >= 0.6 is 0 Å². The molecule has 2 aliphatic heterocycles. The van der Waals surface area contributed by atoms with Gasteiger partial charge in [-0.1, -0.05) is 0 Å². The van der Waals surface area contributed by atoms with E-state index < -0.39 is 14.5 Å². The van der Waals surface area contributed by atoms with Crippen molar-refractivity contribution in [3.05, 3.63) is 0 Å². The minimum Gasteiger partial charge on any atom is -0.418 e. The summed E-state index contributed by atoms with van der Waals surface area (Å²) < 4.78 is 108. The van der Waals surface area contributed by atoms with Crippen molar-refractivity contribution in [2.45, 2.75) is 13.8 Å². The first-order valence-electron chi connectivity index (χ1n) is 12.6. The van der Waals surface area contributed by atoms with E-state index in [4.69, 9.17) is 23.7 Å². The average molecular weight is 564 g/mol. The summed E-state index contributed by atoms with van der Waals surface area (Å²) in [6.07, 6.45) is 0. The van der Waals surface area contributed by atoms with Crippen LogP contribution in [0.4, 0.5) is 34.5 Å². The first kappa shape index (κ1) is 36.3. The van der Waals surface area contributed by atoms with E-state index in [0.717, 1.165) is 101 Å². The monoisotopic (exact) mass is 564 g/mol. The van der Waals surface area contributed by atoms with Crippen molar-refractivity contribution in [1.82, 2.24) is 0 Å². The normalized spacial score (nSPS) is 19.3. The third kappa shape index (κ3) is 22.9. The molecule has 2 heterocycles. The van der Waals surface area contributed by atoms with Crippen LogP contribution in [0.1, 0.15) is 13.8 Å². The fourth-order valence-corrected chi connectivity index (χ4v) is 3.91. The molecule has 0 aromatic carbocycles. The zero-order valence-electron chi connectivity index (χ0n) is 21.8. The van der Waals surface area contributed by atoms with Crippen molar-refractivity contribution in [1.29, 1.82) is 0 Å². The van der Waals surface area contributed by atoms with Crippen LogP contribution in [0.25, 0.3) is 0 Å². The van der Waals surface area contributed by atoms with Gasteiger partial charge >= 0.3 is 14.5 Å². The van der Waals surface area contributed by atoms with Crippen LogP contribution < -0.4 is 0 Å². The average Bonchev–Trinajstić information content (AvgIpc) is 2.81. The zero-order chi connectivity index (χ0) is 28.3. The minimum atomic E-state index is -6.00. The summed E-state index contributed by atoms with van der Waals surface area (Å²) in [7, 11) is -12.0. The minimum absolute atomic E-state index is 0.644. The summed E-state index contributed by atoms with van der Waals surface area (Å²) in [6, 6.07) is 0. The lowest BCUT2D eigenvalue weighted by molar-refractivity contribution is -0.933. The van der Waals surface area contributed by atoms with Crippen LogP contribution in [0.15, 0.2) is 0 Å². The second-order valence-corrected chi connectivity index (χ2v) is 8.71. The summed E-state index contributed by atoms with van der Waals surface area (Å²) in [5.41, 5.74) is 0. The topological polar surface area (TPSA) is 46.2 Å². The lowest BCUT2D eigenvalue weighted by atomic mass is 10.3. The molecule has 0 bridgehead atoms. The number of rotatable bonds is 14. The van der Waals surface area contributed by atoms with E-state index in [2.05, 4.69) is 13.8 Å². The third-order valence-corrected chi connectivity index (χ3v) is 6.35. The molecule has 0 spiro atoms. The smallest absolute Gasteiger partial charge is 0.418 e. The number of likely N-dealkylation sites (N-methyl/N-ethyl adjacent to an activating group) is 2. The summed E-state index contributed by atoms with van der Waals surface area (Å²) in [5.74, 6) is 0. The van der Waals surface area contributed by atoms with E-state index in [1.54, 1.807) is 0 Å². The fourth-order valence-electron chi connectivity index (χ4n) is 3.91. The van der Waals surface area contributed by atoms with Crippen molar-refractivity contribution in [3.63, 3.8) is 0 Å².